The zero-order valence-electron chi connectivity index (χ0n) is 15.2. The summed E-state index contributed by atoms with van der Waals surface area (Å²) < 4.78 is 0. The van der Waals surface area contributed by atoms with Crippen LogP contribution in [0.5, 0.6) is 0 Å². The van der Waals surface area contributed by atoms with Crippen molar-refractivity contribution in [2.75, 3.05) is 11.9 Å². The summed E-state index contributed by atoms with van der Waals surface area (Å²) in [6, 6.07) is 10.5. The van der Waals surface area contributed by atoms with Gasteiger partial charge in [-0.2, -0.15) is 0 Å². The number of nitrogens with zero attached hydrogens (tertiary/aromatic N) is 2. The fraction of sp³-hybridized carbons (Fsp3) is 0.429. The SMILES string of the molecule is CC(C)C(CN=C(N)Nc1cccc2c1CCCC2)c1cccnc1. The van der Waals surface area contributed by atoms with Gasteiger partial charge in [0.05, 0.1) is 0 Å². The molecule has 1 unspecified atom stereocenters. The number of aryl methyl sites for hydroxylation is 1. The average Bonchev–Trinajstić information content (AvgIpc) is 2.63. The Morgan fingerprint density at radius 1 is 1.20 bits per heavy atom. The maximum Gasteiger partial charge on any atom is 0.193 e. The number of pyridine rings is 1. The molecule has 1 aromatic carbocycles. The van der Waals surface area contributed by atoms with Crippen LogP contribution in [0.3, 0.4) is 0 Å². The molecular formula is C21H28N4. The minimum Gasteiger partial charge on any atom is -0.370 e. The quantitative estimate of drug-likeness (QED) is 0.637. The van der Waals surface area contributed by atoms with Crippen LogP contribution in [0, 0.1) is 5.92 Å². The van der Waals surface area contributed by atoms with Crippen molar-refractivity contribution < 1.29 is 0 Å². The summed E-state index contributed by atoms with van der Waals surface area (Å²) in [5.41, 5.74) is 11.4. The van der Waals surface area contributed by atoms with Gasteiger partial charge in [0.25, 0.3) is 0 Å². The molecule has 1 heterocycles. The molecule has 1 aliphatic carbocycles. The Morgan fingerprint density at radius 2 is 2.04 bits per heavy atom. The van der Waals surface area contributed by atoms with Crippen LogP contribution >= 0.6 is 0 Å². The molecule has 0 radical (unpaired) electrons. The van der Waals surface area contributed by atoms with E-state index in [1.54, 1.807) is 6.20 Å². The summed E-state index contributed by atoms with van der Waals surface area (Å²) in [7, 11) is 0. The van der Waals surface area contributed by atoms with E-state index in [4.69, 9.17) is 5.73 Å². The summed E-state index contributed by atoms with van der Waals surface area (Å²) in [6.45, 7) is 5.09. The van der Waals surface area contributed by atoms with E-state index in [-0.39, 0.29) is 0 Å². The van der Waals surface area contributed by atoms with Gasteiger partial charge in [-0.25, -0.2) is 0 Å². The molecule has 1 aliphatic rings. The highest BCUT2D eigenvalue weighted by Crippen LogP contribution is 2.28. The average molecular weight is 336 g/mol. The molecule has 1 aromatic heterocycles. The molecule has 3 N–H and O–H groups in total. The van der Waals surface area contributed by atoms with E-state index < -0.39 is 0 Å². The first-order valence-electron chi connectivity index (χ1n) is 9.23. The predicted octanol–water partition coefficient (Wildman–Crippen LogP) is 4.13. The molecule has 2 aromatic rings. The Bertz CT molecular complexity index is 722. The Hall–Kier alpha value is -2.36. The van der Waals surface area contributed by atoms with Crippen molar-refractivity contribution in [2.45, 2.75) is 45.4 Å². The van der Waals surface area contributed by atoms with Crippen LogP contribution in [0.25, 0.3) is 0 Å². The molecule has 0 saturated heterocycles. The van der Waals surface area contributed by atoms with Crippen LogP contribution in [-0.4, -0.2) is 17.5 Å². The predicted molar refractivity (Wildman–Crippen MR) is 105 cm³/mol. The number of nitrogens with one attached hydrogen (secondary N) is 1. The minimum atomic E-state index is 0.318. The zero-order chi connectivity index (χ0) is 17.6. The van der Waals surface area contributed by atoms with E-state index in [1.165, 1.54) is 36.0 Å². The van der Waals surface area contributed by atoms with Crippen LogP contribution in [0.1, 0.15) is 49.3 Å². The second-order valence-corrected chi connectivity index (χ2v) is 7.14. The molecule has 3 rings (SSSR count). The lowest BCUT2D eigenvalue weighted by Gasteiger charge is -2.21. The first kappa shape index (κ1) is 17.5. The topological polar surface area (TPSA) is 63.3 Å². The fourth-order valence-electron chi connectivity index (χ4n) is 3.57. The third kappa shape index (κ3) is 4.38. The number of aromatic nitrogens is 1. The summed E-state index contributed by atoms with van der Waals surface area (Å²) >= 11 is 0. The number of hydrogen-bond acceptors (Lipinski definition) is 2. The van der Waals surface area contributed by atoms with E-state index in [1.807, 2.05) is 12.3 Å². The lowest BCUT2D eigenvalue weighted by atomic mass is 9.89. The number of fused-ring (bicyclic) bond motifs is 1. The first-order valence-corrected chi connectivity index (χ1v) is 9.23. The highest BCUT2D eigenvalue weighted by molar-refractivity contribution is 5.93. The molecule has 0 amide bonds. The van der Waals surface area contributed by atoms with E-state index >= 15 is 0 Å². The highest BCUT2D eigenvalue weighted by Gasteiger charge is 2.16. The number of benzene rings is 1. The van der Waals surface area contributed by atoms with Crippen molar-refractivity contribution >= 4 is 11.6 Å². The lowest BCUT2D eigenvalue weighted by molar-refractivity contribution is 0.506. The summed E-state index contributed by atoms with van der Waals surface area (Å²) in [5, 5.41) is 3.33. The second kappa shape index (κ2) is 8.15. The minimum absolute atomic E-state index is 0.318. The zero-order valence-corrected chi connectivity index (χ0v) is 15.2. The van der Waals surface area contributed by atoms with E-state index in [0.29, 0.717) is 24.3 Å². The van der Waals surface area contributed by atoms with Gasteiger partial charge in [-0.1, -0.05) is 32.0 Å². The molecule has 0 spiro atoms. The van der Waals surface area contributed by atoms with Gasteiger partial charge in [0.2, 0.25) is 0 Å². The first-order chi connectivity index (χ1) is 12.1. The molecule has 4 nitrogen and oxygen atoms in total. The molecule has 1 atom stereocenters. The fourth-order valence-corrected chi connectivity index (χ4v) is 3.57. The van der Waals surface area contributed by atoms with Crippen molar-refractivity contribution in [3.8, 4) is 0 Å². The number of guanidine groups is 1. The molecule has 0 saturated carbocycles. The van der Waals surface area contributed by atoms with Gasteiger partial charge in [-0.05, 0) is 60.4 Å². The van der Waals surface area contributed by atoms with Crippen LogP contribution < -0.4 is 11.1 Å². The number of nitrogens with two attached hydrogens (primary N) is 1. The third-order valence-corrected chi connectivity index (χ3v) is 5.03. The maximum absolute atomic E-state index is 6.19. The monoisotopic (exact) mass is 336 g/mol. The smallest absolute Gasteiger partial charge is 0.193 e. The molecule has 0 fully saturated rings. The number of aliphatic imine (C=N–C) groups is 1. The Balaban J connectivity index is 1.71. The third-order valence-electron chi connectivity index (χ3n) is 5.03. The maximum atomic E-state index is 6.19. The highest BCUT2D eigenvalue weighted by atomic mass is 15.1. The van der Waals surface area contributed by atoms with Gasteiger partial charge in [0.15, 0.2) is 5.96 Å². The summed E-state index contributed by atoms with van der Waals surface area (Å²) in [4.78, 5) is 8.86. The number of hydrogen-bond donors (Lipinski definition) is 2. The van der Waals surface area contributed by atoms with Crippen molar-refractivity contribution in [2.24, 2.45) is 16.6 Å². The Morgan fingerprint density at radius 3 is 2.80 bits per heavy atom. The van der Waals surface area contributed by atoms with Gasteiger partial charge in [0, 0.05) is 30.5 Å². The van der Waals surface area contributed by atoms with E-state index in [9.17, 15) is 0 Å². The van der Waals surface area contributed by atoms with Crippen LogP contribution in [0.15, 0.2) is 47.7 Å². The van der Waals surface area contributed by atoms with E-state index in [0.717, 1.165) is 12.1 Å². The molecule has 0 aliphatic heterocycles. The van der Waals surface area contributed by atoms with Crippen molar-refractivity contribution in [1.29, 1.82) is 0 Å². The normalized spacial score (nSPS) is 15.7. The lowest BCUT2D eigenvalue weighted by Crippen LogP contribution is -2.25. The molecule has 0 bridgehead atoms. The molecule has 132 valence electrons. The van der Waals surface area contributed by atoms with Crippen molar-refractivity contribution in [1.82, 2.24) is 4.98 Å². The van der Waals surface area contributed by atoms with Gasteiger partial charge in [-0.15, -0.1) is 0 Å². The second-order valence-electron chi connectivity index (χ2n) is 7.14. The van der Waals surface area contributed by atoms with Crippen LogP contribution in [0.4, 0.5) is 5.69 Å². The summed E-state index contributed by atoms with van der Waals surface area (Å²) in [6.07, 6.45) is 8.55. The molecular weight excluding hydrogens is 308 g/mol. The molecule has 25 heavy (non-hydrogen) atoms. The van der Waals surface area contributed by atoms with Gasteiger partial charge >= 0.3 is 0 Å². The van der Waals surface area contributed by atoms with Crippen LogP contribution in [-0.2, 0) is 12.8 Å². The Kier molecular flexibility index (Phi) is 5.69. The van der Waals surface area contributed by atoms with Gasteiger partial charge in [0.1, 0.15) is 0 Å². The standard InChI is InChI=1S/C21H28N4/c1-15(2)19(17-9-6-12-23-13-17)14-24-21(22)25-20-11-5-8-16-7-3-4-10-18(16)20/h5-6,8-9,11-13,15,19H,3-4,7,10,14H2,1-2H3,(H3,22,24,25). The van der Waals surface area contributed by atoms with E-state index in [2.05, 4.69) is 53.4 Å². The summed E-state index contributed by atoms with van der Waals surface area (Å²) in [5.74, 6) is 1.29. The van der Waals surface area contributed by atoms with Crippen molar-refractivity contribution in [3.05, 3.63) is 59.4 Å². The number of rotatable bonds is 5. The van der Waals surface area contributed by atoms with Gasteiger partial charge < -0.3 is 11.1 Å². The largest absolute Gasteiger partial charge is 0.370 e. The van der Waals surface area contributed by atoms with Crippen LogP contribution in [0.2, 0.25) is 0 Å². The van der Waals surface area contributed by atoms with Gasteiger partial charge in [-0.3, -0.25) is 9.98 Å². The number of anilines is 1. The Labute approximate surface area is 150 Å². The van der Waals surface area contributed by atoms with Crippen molar-refractivity contribution in [3.63, 3.8) is 0 Å². The molecule has 4 heteroatoms.